The molecule has 0 aliphatic carbocycles. The lowest BCUT2D eigenvalue weighted by atomic mass is 10.0. The second-order valence-electron chi connectivity index (χ2n) is 7.18. The summed E-state index contributed by atoms with van der Waals surface area (Å²) in [6.07, 6.45) is 5.31. The molecule has 0 N–H and O–H groups in total. The number of rotatable bonds is 4. The van der Waals surface area contributed by atoms with E-state index in [4.69, 9.17) is 4.42 Å². The summed E-state index contributed by atoms with van der Waals surface area (Å²) in [5.41, 5.74) is 0.808. The van der Waals surface area contributed by atoms with Crippen LogP contribution in [0.5, 0.6) is 0 Å². The zero-order valence-corrected chi connectivity index (χ0v) is 16.3. The monoisotopic (exact) mass is 388 g/mol. The van der Waals surface area contributed by atoms with Gasteiger partial charge in [0.25, 0.3) is 5.91 Å². The Morgan fingerprint density at radius 1 is 1.30 bits per heavy atom. The van der Waals surface area contributed by atoms with Crippen LogP contribution in [0, 0.1) is 6.92 Å². The third kappa shape index (κ3) is 3.91. The average molecular weight is 388 g/mol. The van der Waals surface area contributed by atoms with Gasteiger partial charge in [-0.1, -0.05) is 0 Å². The average Bonchev–Trinajstić information content (AvgIpc) is 3.33. The van der Waals surface area contributed by atoms with Crippen LogP contribution >= 0.6 is 11.3 Å². The minimum absolute atomic E-state index is 0.0391. The maximum absolute atomic E-state index is 12.7. The van der Waals surface area contributed by atoms with Crippen LogP contribution in [-0.2, 0) is 11.3 Å². The Labute approximate surface area is 162 Å². The molecule has 2 aromatic heterocycles. The molecule has 2 saturated heterocycles. The van der Waals surface area contributed by atoms with E-state index in [1.807, 2.05) is 23.4 Å². The van der Waals surface area contributed by atoms with Crippen LogP contribution in [0.4, 0.5) is 0 Å². The van der Waals surface area contributed by atoms with Crippen LogP contribution < -0.4 is 0 Å². The van der Waals surface area contributed by atoms with E-state index in [0.717, 1.165) is 43.0 Å². The highest BCUT2D eigenvalue weighted by Crippen LogP contribution is 2.22. The summed E-state index contributed by atoms with van der Waals surface area (Å²) in [7, 11) is 0. The Bertz CT molecular complexity index is 796. The summed E-state index contributed by atoms with van der Waals surface area (Å²) in [4.78, 5) is 35.6. The Morgan fingerprint density at radius 2 is 2.11 bits per heavy atom. The number of piperidine rings is 1. The molecule has 2 aliphatic rings. The fraction of sp³-hybridized carbons (Fsp3) is 0.526. The smallest absolute Gasteiger partial charge is 0.290 e. The second-order valence-corrected chi connectivity index (χ2v) is 8.16. The lowest BCUT2D eigenvalue weighted by molar-refractivity contribution is -0.138. The van der Waals surface area contributed by atoms with Crippen molar-refractivity contribution in [3.63, 3.8) is 0 Å². The first-order chi connectivity index (χ1) is 13.1. The third-order valence-electron chi connectivity index (χ3n) is 5.44. The van der Waals surface area contributed by atoms with Gasteiger partial charge < -0.3 is 14.2 Å². The molecular weight excluding hydrogens is 364 g/mol. The number of likely N-dealkylation sites (tertiary alicyclic amines) is 1. The number of thiazole rings is 1. The minimum atomic E-state index is -0.191. The molecule has 0 aromatic carbocycles. The normalized spacial score (nSPS) is 19.7. The molecule has 0 saturated carbocycles. The van der Waals surface area contributed by atoms with Crippen molar-refractivity contribution in [1.29, 1.82) is 0 Å². The van der Waals surface area contributed by atoms with Crippen molar-refractivity contribution < 1.29 is 14.0 Å². The number of aryl methyl sites for hydroxylation is 1. The van der Waals surface area contributed by atoms with Gasteiger partial charge in [0.1, 0.15) is 11.6 Å². The SMILES string of the molecule is Cc1ccoc1C(=O)N1CCN(C2CCN(Cc3nccs3)CC2)C(=O)C1. The summed E-state index contributed by atoms with van der Waals surface area (Å²) < 4.78 is 5.29. The summed E-state index contributed by atoms with van der Waals surface area (Å²) in [5.74, 6) is 0.188. The molecule has 2 aromatic rings. The lowest BCUT2D eigenvalue weighted by Gasteiger charge is -2.42. The molecular formula is C19H24N4O3S. The molecule has 2 fully saturated rings. The highest BCUT2D eigenvalue weighted by Gasteiger charge is 2.34. The highest BCUT2D eigenvalue weighted by molar-refractivity contribution is 7.09. The Balaban J connectivity index is 1.30. The molecule has 2 amide bonds. The molecule has 8 heteroatoms. The van der Waals surface area contributed by atoms with Crippen LogP contribution in [0.3, 0.4) is 0 Å². The van der Waals surface area contributed by atoms with Crippen LogP contribution in [0.25, 0.3) is 0 Å². The first-order valence-electron chi connectivity index (χ1n) is 9.35. The van der Waals surface area contributed by atoms with Crippen LogP contribution in [-0.4, -0.2) is 70.3 Å². The van der Waals surface area contributed by atoms with Gasteiger partial charge in [-0.15, -0.1) is 11.3 Å². The quantitative estimate of drug-likeness (QED) is 0.801. The molecule has 4 rings (SSSR count). The number of aromatic nitrogens is 1. The van der Waals surface area contributed by atoms with E-state index in [0.29, 0.717) is 18.8 Å². The Kier molecular flexibility index (Phi) is 5.27. The number of amides is 2. The summed E-state index contributed by atoms with van der Waals surface area (Å²) >= 11 is 1.69. The van der Waals surface area contributed by atoms with E-state index in [1.165, 1.54) is 6.26 Å². The van der Waals surface area contributed by atoms with E-state index < -0.39 is 0 Å². The predicted molar refractivity (Wildman–Crippen MR) is 101 cm³/mol. The van der Waals surface area contributed by atoms with E-state index in [2.05, 4.69) is 9.88 Å². The zero-order chi connectivity index (χ0) is 18.8. The summed E-state index contributed by atoms with van der Waals surface area (Å²) in [6.45, 7) is 5.98. The van der Waals surface area contributed by atoms with Gasteiger partial charge in [0, 0.05) is 49.4 Å². The van der Waals surface area contributed by atoms with Gasteiger partial charge in [-0.25, -0.2) is 4.98 Å². The van der Waals surface area contributed by atoms with E-state index in [1.54, 1.807) is 22.3 Å². The van der Waals surface area contributed by atoms with Crippen LogP contribution in [0.1, 0.15) is 34.0 Å². The summed E-state index contributed by atoms with van der Waals surface area (Å²) in [5, 5.41) is 3.15. The van der Waals surface area contributed by atoms with Crippen molar-refractivity contribution in [2.75, 3.05) is 32.7 Å². The molecule has 0 spiro atoms. The molecule has 0 radical (unpaired) electrons. The Morgan fingerprint density at radius 3 is 2.74 bits per heavy atom. The number of carbonyl (C=O) groups excluding carboxylic acids is 2. The van der Waals surface area contributed by atoms with Gasteiger partial charge in [-0.05, 0) is 25.8 Å². The number of piperazine rings is 1. The molecule has 0 bridgehead atoms. The van der Waals surface area contributed by atoms with E-state index in [9.17, 15) is 9.59 Å². The molecule has 7 nitrogen and oxygen atoms in total. The number of furan rings is 1. The predicted octanol–water partition coefficient (Wildman–Crippen LogP) is 1.99. The van der Waals surface area contributed by atoms with Gasteiger partial charge in [0.2, 0.25) is 5.91 Å². The number of carbonyl (C=O) groups is 2. The van der Waals surface area contributed by atoms with Crippen molar-refractivity contribution in [3.8, 4) is 0 Å². The molecule has 2 aliphatic heterocycles. The number of hydrogen-bond acceptors (Lipinski definition) is 6. The van der Waals surface area contributed by atoms with Gasteiger partial charge in [-0.3, -0.25) is 14.5 Å². The first-order valence-corrected chi connectivity index (χ1v) is 10.2. The molecule has 4 heterocycles. The highest BCUT2D eigenvalue weighted by atomic mass is 32.1. The molecule has 27 heavy (non-hydrogen) atoms. The second kappa shape index (κ2) is 7.82. The molecule has 144 valence electrons. The van der Waals surface area contributed by atoms with Gasteiger partial charge >= 0.3 is 0 Å². The summed E-state index contributed by atoms with van der Waals surface area (Å²) in [6, 6.07) is 2.04. The maximum atomic E-state index is 12.7. The largest absolute Gasteiger partial charge is 0.459 e. The van der Waals surface area contributed by atoms with Crippen molar-refractivity contribution in [1.82, 2.24) is 19.7 Å². The van der Waals surface area contributed by atoms with E-state index in [-0.39, 0.29) is 24.4 Å². The lowest BCUT2D eigenvalue weighted by Crippen LogP contribution is -2.57. The fourth-order valence-corrected chi connectivity index (χ4v) is 4.55. The molecule has 0 unspecified atom stereocenters. The van der Waals surface area contributed by atoms with Gasteiger partial charge in [0.05, 0.1) is 12.8 Å². The van der Waals surface area contributed by atoms with Crippen LogP contribution in [0.2, 0.25) is 0 Å². The fourth-order valence-electron chi connectivity index (χ4n) is 3.89. The minimum Gasteiger partial charge on any atom is -0.459 e. The van der Waals surface area contributed by atoms with Crippen molar-refractivity contribution in [3.05, 3.63) is 40.2 Å². The Hall–Kier alpha value is -2.19. The topological polar surface area (TPSA) is 69.9 Å². The maximum Gasteiger partial charge on any atom is 0.290 e. The van der Waals surface area contributed by atoms with Gasteiger partial charge in [-0.2, -0.15) is 0 Å². The zero-order valence-electron chi connectivity index (χ0n) is 15.5. The van der Waals surface area contributed by atoms with E-state index >= 15 is 0 Å². The van der Waals surface area contributed by atoms with Crippen molar-refractivity contribution in [2.45, 2.75) is 32.4 Å². The number of hydrogen-bond donors (Lipinski definition) is 0. The standard InChI is InChI=1S/C19H24N4O3S/c1-14-4-10-26-18(14)19(25)22-8-9-23(17(24)13-22)15-2-6-21(7-3-15)12-16-20-5-11-27-16/h4-5,10-11,15H,2-3,6-9,12-13H2,1H3. The van der Waals surface area contributed by atoms with Crippen molar-refractivity contribution in [2.24, 2.45) is 0 Å². The molecule has 0 atom stereocenters. The van der Waals surface area contributed by atoms with Crippen molar-refractivity contribution >= 4 is 23.2 Å². The third-order valence-corrected chi connectivity index (χ3v) is 6.21. The van der Waals surface area contributed by atoms with Gasteiger partial charge in [0.15, 0.2) is 5.76 Å². The van der Waals surface area contributed by atoms with Crippen LogP contribution in [0.15, 0.2) is 28.3 Å². The first kappa shape index (κ1) is 18.2. The number of nitrogens with zero attached hydrogens (tertiary/aromatic N) is 4.